The van der Waals surface area contributed by atoms with Gasteiger partial charge in [-0.2, -0.15) is 0 Å². The second-order valence-electron chi connectivity index (χ2n) is 5.02. The molecule has 21 heavy (non-hydrogen) atoms. The monoisotopic (exact) mass is 305 g/mol. The number of hydrogen-bond donors (Lipinski definition) is 1. The first-order valence-electron chi connectivity index (χ1n) is 7.00. The molecular weight excluding hydrogens is 289 g/mol. The predicted octanol–water partition coefficient (Wildman–Crippen LogP) is 3.52. The van der Waals surface area contributed by atoms with E-state index in [1.807, 2.05) is 0 Å². The van der Waals surface area contributed by atoms with Crippen molar-refractivity contribution in [2.24, 2.45) is 0 Å². The maximum atomic E-state index is 12.8. The number of carbonyl (C=O) groups excluding carboxylic acids is 1. The number of aromatic nitrogens is 1. The number of anilines is 2. The van der Waals surface area contributed by atoms with E-state index < -0.39 is 0 Å². The van der Waals surface area contributed by atoms with Gasteiger partial charge in [0.05, 0.1) is 6.20 Å². The molecule has 0 atom stereocenters. The van der Waals surface area contributed by atoms with Gasteiger partial charge in [0.25, 0.3) is 5.91 Å². The molecule has 0 bridgehead atoms. The molecule has 0 radical (unpaired) electrons. The van der Waals surface area contributed by atoms with E-state index in [0.717, 1.165) is 18.2 Å². The average Bonchev–Trinajstić information content (AvgIpc) is 3.00. The minimum atomic E-state index is -0.321. The zero-order chi connectivity index (χ0) is 14.7. The molecule has 6 heteroatoms. The van der Waals surface area contributed by atoms with Crippen molar-refractivity contribution in [2.45, 2.75) is 19.3 Å². The van der Waals surface area contributed by atoms with Gasteiger partial charge < -0.3 is 10.2 Å². The number of piperidine rings is 1. The van der Waals surface area contributed by atoms with Crippen molar-refractivity contribution in [3.63, 3.8) is 0 Å². The van der Waals surface area contributed by atoms with Crippen LogP contribution in [-0.4, -0.2) is 24.0 Å². The highest BCUT2D eigenvalue weighted by Crippen LogP contribution is 2.26. The fourth-order valence-corrected chi connectivity index (χ4v) is 3.19. The summed E-state index contributed by atoms with van der Waals surface area (Å²) in [5.41, 5.74) is 0.578. The van der Waals surface area contributed by atoms with Crippen LogP contribution >= 0.6 is 11.3 Å². The van der Waals surface area contributed by atoms with Crippen LogP contribution in [0.25, 0.3) is 0 Å². The first kappa shape index (κ1) is 14.0. The highest BCUT2D eigenvalue weighted by Gasteiger charge is 2.17. The molecule has 1 aliphatic heterocycles. The van der Waals surface area contributed by atoms with Crippen LogP contribution in [0.3, 0.4) is 0 Å². The van der Waals surface area contributed by atoms with Crippen molar-refractivity contribution in [3.05, 3.63) is 41.2 Å². The molecule has 1 aromatic heterocycles. The Morgan fingerprint density at radius 1 is 1.19 bits per heavy atom. The van der Waals surface area contributed by atoms with Gasteiger partial charge in [-0.25, -0.2) is 9.37 Å². The third-order valence-corrected chi connectivity index (χ3v) is 4.50. The van der Waals surface area contributed by atoms with Gasteiger partial charge in [-0.1, -0.05) is 11.3 Å². The molecule has 1 aliphatic rings. The maximum Gasteiger partial charge on any atom is 0.267 e. The summed E-state index contributed by atoms with van der Waals surface area (Å²) >= 11 is 1.40. The van der Waals surface area contributed by atoms with E-state index in [4.69, 9.17) is 0 Å². The third kappa shape index (κ3) is 3.39. The topological polar surface area (TPSA) is 45.2 Å². The Labute approximate surface area is 126 Å². The Hall–Kier alpha value is -1.95. The van der Waals surface area contributed by atoms with Crippen molar-refractivity contribution in [3.8, 4) is 0 Å². The van der Waals surface area contributed by atoms with Gasteiger partial charge in [-0.3, -0.25) is 4.79 Å². The van der Waals surface area contributed by atoms with Crippen molar-refractivity contribution >= 4 is 28.1 Å². The number of carbonyl (C=O) groups is 1. The summed E-state index contributed by atoms with van der Waals surface area (Å²) in [6.07, 6.45) is 5.22. The van der Waals surface area contributed by atoms with Gasteiger partial charge in [0.1, 0.15) is 10.7 Å². The van der Waals surface area contributed by atoms with Crippen LogP contribution in [0.2, 0.25) is 0 Å². The molecule has 1 fully saturated rings. The highest BCUT2D eigenvalue weighted by atomic mass is 32.1. The van der Waals surface area contributed by atoms with Gasteiger partial charge in [0.2, 0.25) is 0 Å². The number of benzene rings is 1. The van der Waals surface area contributed by atoms with Gasteiger partial charge in [-0.05, 0) is 43.5 Å². The number of hydrogen-bond acceptors (Lipinski definition) is 4. The summed E-state index contributed by atoms with van der Waals surface area (Å²) in [4.78, 5) is 19.3. The number of thiazole rings is 1. The molecule has 0 unspecified atom stereocenters. The van der Waals surface area contributed by atoms with Crippen LogP contribution in [-0.2, 0) is 0 Å². The lowest BCUT2D eigenvalue weighted by Crippen LogP contribution is -2.29. The summed E-state index contributed by atoms with van der Waals surface area (Å²) in [5, 5.41) is 3.65. The summed E-state index contributed by atoms with van der Waals surface area (Å²) in [7, 11) is 0. The quantitative estimate of drug-likeness (QED) is 0.943. The minimum Gasteiger partial charge on any atom is -0.348 e. The van der Waals surface area contributed by atoms with E-state index in [1.165, 1.54) is 42.7 Å². The lowest BCUT2D eigenvalue weighted by Gasteiger charge is -2.25. The van der Waals surface area contributed by atoms with Gasteiger partial charge in [-0.15, -0.1) is 0 Å². The Bertz CT molecular complexity index is 620. The average molecular weight is 305 g/mol. The van der Waals surface area contributed by atoms with Crippen molar-refractivity contribution < 1.29 is 9.18 Å². The molecule has 4 nitrogen and oxygen atoms in total. The Kier molecular flexibility index (Phi) is 4.15. The largest absolute Gasteiger partial charge is 0.348 e. The summed E-state index contributed by atoms with van der Waals surface area (Å²) in [6, 6.07) is 5.72. The number of nitrogens with zero attached hydrogens (tertiary/aromatic N) is 2. The molecule has 0 aliphatic carbocycles. The van der Waals surface area contributed by atoms with Crippen LogP contribution in [0.15, 0.2) is 30.5 Å². The summed E-state index contributed by atoms with van der Waals surface area (Å²) in [6.45, 7) is 2.01. The van der Waals surface area contributed by atoms with Crippen LogP contribution in [0, 0.1) is 5.82 Å². The molecule has 1 saturated heterocycles. The molecule has 0 spiro atoms. The molecule has 1 aromatic carbocycles. The molecule has 3 rings (SSSR count). The van der Waals surface area contributed by atoms with Gasteiger partial charge in [0.15, 0.2) is 5.13 Å². The fourth-order valence-electron chi connectivity index (χ4n) is 2.33. The molecular formula is C15H16FN3OS. The van der Waals surface area contributed by atoms with E-state index in [1.54, 1.807) is 18.3 Å². The normalized spacial score (nSPS) is 15.0. The predicted molar refractivity (Wildman–Crippen MR) is 82.5 cm³/mol. The van der Waals surface area contributed by atoms with Crippen molar-refractivity contribution in [2.75, 3.05) is 23.3 Å². The zero-order valence-corrected chi connectivity index (χ0v) is 12.3. The molecule has 2 aromatic rings. The fraction of sp³-hybridized carbons (Fsp3) is 0.333. The van der Waals surface area contributed by atoms with Crippen molar-refractivity contribution in [1.29, 1.82) is 0 Å². The van der Waals surface area contributed by atoms with Gasteiger partial charge >= 0.3 is 0 Å². The number of halogens is 1. The molecule has 2 heterocycles. The standard InChI is InChI=1S/C15H16FN3OS/c16-11-4-6-12(7-5-11)18-14(20)13-10-17-15(21-13)19-8-2-1-3-9-19/h4-7,10H,1-3,8-9H2,(H,18,20). The maximum absolute atomic E-state index is 12.8. The van der Waals surface area contributed by atoms with Crippen LogP contribution in [0.1, 0.15) is 28.9 Å². The van der Waals surface area contributed by atoms with Crippen LogP contribution in [0.5, 0.6) is 0 Å². The minimum absolute atomic E-state index is 0.206. The number of amides is 1. The SMILES string of the molecule is O=C(Nc1ccc(F)cc1)c1cnc(N2CCCCC2)s1. The Morgan fingerprint density at radius 2 is 1.90 bits per heavy atom. The van der Waals surface area contributed by atoms with Crippen LogP contribution < -0.4 is 10.2 Å². The van der Waals surface area contributed by atoms with E-state index >= 15 is 0 Å². The molecule has 1 N–H and O–H groups in total. The van der Waals surface area contributed by atoms with E-state index in [0.29, 0.717) is 10.6 Å². The lowest BCUT2D eigenvalue weighted by molar-refractivity contribution is 0.103. The third-order valence-electron chi connectivity index (χ3n) is 3.45. The number of nitrogens with one attached hydrogen (secondary N) is 1. The zero-order valence-electron chi connectivity index (χ0n) is 11.5. The number of rotatable bonds is 3. The molecule has 0 saturated carbocycles. The van der Waals surface area contributed by atoms with E-state index in [9.17, 15) is 9.18 Å². The smallest absolute Gasteiger partial charge is 0.267 e. The van der Waals surface area contributed by atoms with E-state index in [-0.39, 0.29) is 11.7 Å². The first-order valence-corrected chi connectivity index (χ1v) is 7.82. The van der Waals surface area contributed by atoms with Crippen molar-refractivity contribution in [1.82, 2.24) is 4.98 Å². The summed E-state index contributed by atoms with van der Waals surface area (Å²) in [5.74, 6) is -0.527. The Morgan fingerprint density at radius 3 is 2.62 bits per heavy atom. The first-order chi connectivity index (χ1) is 10.2. The molecule has 1 amide bonds. The summed E-state index contributed by atoms with van der Waals surface area (Å²) < 4.78 is 12.8. The molecule has 110 valence electrons. The Balaban J connectivity index is 1.67. The second kappa shape index (κ2) is 6.22. The van der Waals surface area contributed by atoms with Crippen LogP contribution in [0.4, 0.5) is 15.2 Å². The second-order valence-corrected chi connectivity index (χ2v) is 6.02. The van der Waals surface area contributed by atoms with Gasteiger partial charge in [0, 0.05) is 18.8 Å². The lowest BCUT2D eigenvalue weighted by atomic mass is 10.1. The van der Waals surface area contributed by atoms with E-state index in [2.05, 4.69) is 15.2 Å². The highest BCUT2D eigenvalue weighted by molar-refractivity contribution is 7.17.